The predicted molar refractivity (Wildman–Crippen MR) is 259 cm³/mol. The van der Waals surface area contributed by atoms with Gasteiger partial charge >= 0.3 is 0 Å². The maximum Gasteiger partial charge on any atom is 0.266 e. The number of hydrogen-bond acceptors (Lipinski definition) is 15. The second-order valence-corrected chi connectivity index (χ2v) is 25.7. The maximum absolute atomic E-state index is 14.3. The summed E-state index contributed by atoms with van der Waals surface area (Å²) in [4.78, 5) is -0.959. The van der Waals surface area contributed by atoms with Crippen LogP contribution >= 0.6 is 0 Å². The van der Waals surface area contributed by atoms with Crippen molar-refractivity contribution in [3.63, 3.8) is 0 Å². The van der Waals surface area contributed by atoms with Crippen LogP contribution in [-0.4, -0.2) is 168 Å². The molecule has 4 aromatic rings. The average Bonchev–Trinajstić information content (AvgIpc) is 3.20. The Labute approximate surface area is 396 Å². The predicted octanol–water partition coefficient (Wildman–Crippen LogP) is 5.49. The molecular weight excluding hydrogens is 955 g/mol. The smallest absolute Gasteiger partial charge is 0.266 e. The third kappa shape index (κ3) is 17.1. The Hall–Kier alpha value is -3.04. The van der Waals surface area contributed by atoms with Gasteiger partial charge in [0.15, 0.2) is 0 Å². The summed E-state index contributed by atoms with van der Waals surface area (Å²) in [5, 5.41) is 5.67. The van der Waals surface area contributed by atoms with E-state index in [9.17, 15) is 42.8 Å². The van der Waals surface area contributed by atoms with Crippen LogP contribution in [0.3, 0.4) is 0 Å². The van der Waals surface area contributed by atoms with Crippen molar-refractivity contribution in [1.82, 2.24) is 8.61 Å². The van der Waals surface area contributed by atoms with E-state index >= 15 is 0 Å². The van der Waals surface area contributed by atoms with Crippen molar-refractivity contribution in [3.8, 4) is 5.75 Å². The number of nitrogens with zero attached hydrogens (tertiary/aromatic N) is 2. The standard InChI is InChI=1S/C44H69N3O16S4/c1-32(11-10-18-58-19-20-59-21-22-60-23-24-61-25-26-62-31-43(2,3)4)45-37-29-38(63-44(5,6)7)34-13-15-36-40(67(56,57)47(9)17-28-65(51,52)53)30-39(35-14-12-33(37)41(34)42(35)36)66(54,55)46(8)16-27-64(48,49)50/h12-15,29-30,32,45H,10-11,16-28,31H2,1-9H3,(H,48,49,50)(H,51,52,53). The fourth-order valence-corrected chi connectivity index (χ4v) is 11.1. The van der Waals surface area contributed by atoms with Crippen LogP contribution in [0.15, 0.2) is 46.2 Å². The quantitative estimate of drug-likeness (QED) is 0.0332. The molecule has 1 atom stereocenters. The van der Waals surface area contributed by atoms with Crippen LogP contribution in [0.25, 0.3) is 32.3 Å². The highest BCUT2D eigenvalue weighted by molar-refractivity contribution is 7.90. The molecule has 4 aromatic carbocycles. The van der Waals surface area contributed by atoms with Crippen molar-refractivity contribution in [2.75, 3.05) is 110 Å². The van der Waals surface area contributed by atoms with Gasteiger partial charge in [0, 0.05) is 83.9 Å². The molecule has 4 rings (SSSR count). The Morgan fingerprint density at radius 3 is 1.42 bits per heavy atom. The second-order valence-electron chi connectivity index (χ2n) is 18.6. The third-order valence-corrected chi connectivity index (χ3v) is 15.4. The van der Waals surface area contributed by atoms with Crippen LogP contribution in [0, 0.1) is 5.41 Å². The first-order valence-corrected chi connectivity index (χ1v) is 28.1. The molecule has 23 heteroatoms. The number of benzene rings is 4. The van der Waals surface area contributed by atoms with Gasteiger partial charge < -0.3 is 33.7 Å². The Kier molecular flexibility index (Phi) is 20.0. The van der Waals surface area contributed by atoms with Crippen LogP contribution in [-0.2, 0) is 64.0 Å². The van der Waals surface area contributed by atoms with Gasteiger partial charge in [-0.1, -0.05) is 39.0 Å². The fourth-order valence-electron chi connectivity index (χ4n) is 7.01. The second kappa shape index (κ2) is 23.7. The molecule has 0 aromatic heterocycles. The van der Waals surface area contributed by atoms with Gasteiger partial charge in [0.1, 0.15) is 11.4 Å². The number of anilines is 1. The summed E-state index contributed by atoms with van der Waals surface area (Å²) in [6.07, 6.45) is 1.39. The third-order valence-electron chi connectivity index (χ3n) is 10.3. The molecule has 0 aliphatic carbocycles. The van der Waals surface area contributed by atoms with E-state index in [0.717, 1.165) is 20.2 Å². The number of hydrogen-bond donors (Lipinski definition) is 3. The summed E-state index contributed by atoms with van der Waals surface area (Å²) in [5.74, 6) is -1.43. The van der Waals surface area contributed by atoms with Gasteiger partial charge in [-0.25, -0.2) is 16.8 Å². The van der Waals surface area contributed by atoms with Gasteiger partial charge in [-0.15, -0.1) is 0 Å². The van der Waals surface area contributed by atoms with E-state index in [1.807, 2.05) is 33.8 Å². The summed E-state index contributed by atoms with van der Waals surface area (Å²) < 4.78 is 159. The lowest BCUT2D eigenvalue weighted by Crippen LogP contribution is -2.33. The minimum absolute atomic E-state index is 0.113. The Balaban J connectivity index is 1.56. The van der Waals surface area contributed by atoms with Gasteiger partial charge in [-0.2, -0.15) is 25.4 Å². The van der Waals surface area contributed by atoms with Crippen LogP contribution < -0.4 is 10.1 Å². The molecule has 19 nitrogen and oxygen atoms in total. The number of sulfonamides is 2. The summed E-state index contributed by atoms with van der Waals surface area (Å²) in [7, 11) is -16.3. The molecule has 0 spiro atoms. The van der Waals surface area contributed by atoms with E-state index in [4.69, 9.17) is 28.4 Å². The number of ether oxygens (including phenoxy) is 6. The van der Waals surface area contributed by atoms with E-state index in [1.54, 1.807) is 18.2 Å². The largest absolute Gasteiger partial charge is 0.487 e. The van der Waals surface area contributed by atoms with Gasteiger partial charge in [-0.3, -0.25) is 9.11 Å². The van der Waals surface area contributed by atoms with Crippen LogP contribution in [0.4, 0.5) is 5.69 Å². The van der Waals surface area contributed by atoms with Crippen LogP contribution in [0.5, 0.6) is 5.75 Å². The van der Waals surface area contributed by atoms with E-state index in [-0.39, 0.29) is 27.6 Å². The molecule has 1 unspecified atom stereocenters. The number of rotatable bonds is 30. The summed E-state index contributed by atoms with van der Waals surface area (Å²) >= 11 is 0. The zero-order valence-electron chi connectivity index (χ0n) is 40.0. The molecule has 0 saturated carbocycles. The first-order chi connectivity index (χ1) is 31.0. The normalized spacial score (nSPS) is 14.0. The first kappa shape index (κ1) is 56.5. The van der Waals surface area contributed by atoms with Gasteiger partial charge in [-0.05, 0) is 58.1 Å². The summed E-state index contributed by atoms with van der Waals surface area (Å²) in [5.41, 5.74) is 0.0397. The average molecular weight is 1020 g/mol. The molecule has 0 saturated heterocycles. The topological polar surface area (TPSA) is 251 Å². The minimum Gasteiger partial charge on any atom is -0.487 e. The maximum atomic E-state index is 14.3. The molecule has 380 valence electrons. The lowest BCUT2D eigenvalue weighted by Gasteiger charge is -2.27. The lowest BCUT2D eigenvalue weighted by molar-refractivity contribution is -0.0170. The van der Waals surface area contributed by atoms with E-state index in [1.165, 1.54) is 6.07 Å². The van der Waals surface area contributed by atoms with Gasteiger partial charge in [0.05, 0.1) is 80.8 Å². The van der Waals surface area contributed by atoms with Crippen molar-refractivity contribution >= 4 is 78.3 Å². The molecule has 0 amide bonds. The Morgan fingerprint density at radius 1 is 0.582 bits per heavy atom. The highest BCUT2D eigenvalue weighted by Gasteiger charge is 2.33. The number of nitrogens with one attached hydrogen (secondary N) is 1. The van der Waals surface area contributed by atoms with Gasteiger partial charge in [0.2, 0.25) is 20.0 Å². The SMILES string of the molecule is CC(CCCOCCOCCOCCOCCOCC(C)(C)C)Nc1cc(OC(C)(C)C)c2ccc3c(S(=O)(=O)N(C)CCS(=O)(=O)O)cc(S(=O)(=O)N(C)CCS(=O)(=O)O)c4ccc1c2c43. The van der Waals surface area contributed by atoms with Gasteiger partial charge in [0.25, 0.3) is 20.2 Å². The van der Waals surface area contributed by atoms with Crippen molar-refractivity contribution in [2.24, 2.45) is 5.41 Å². The zero-order chi connectivity index (χ0) is 50.0. The Morgan fingerprint density at radius 2 is 0.985 bits per heavy atom. The monoisotopic (exact) mass is 1020 g/mol. The van der Waals surface area contributed by atoms with Crippen molar-refractivity contribution in [3.05, 3.63) is 36.4 Å². The van der Waals surface area contributed by atoms with Crippen LogP contribution in [0.1, 0.15) is 61.3 Å². The molecule has 0 aliphatic rings. The van der Waals surface area contributed by atoms with Crippen molar-refractivity contribution < 1.29 is 71.2 Å². The van der Waals surface area contributed by atoms with Crippen molar-refractivity contribution in [1.29, 1.82) is 0 Å². The molecule has 0 fully saturated rings. The summed E-state index contributed by atoms with van der Waals surface area (Å²) in [6, 6.07) is 9.17. The minimum atomic E-state index is -4.67. The molecule has 0 heterocycles. The van der Waals surface area contributed by atoms with Crippen molar-refractivity contribution in [2.45, 2.75) is 82.7 Å². The molecule has 0 radical (unpaired) electrons. The van der Waals surface area contributed by atoms with E-state index in [0.29, 0.717) is 115 Å². The molecule has 67 heavy (non-hydrogen) atoms. The highest BCUT2D eigenvalue weighted by Crippen LogP contribution is 2.47. The highest BCUT2D eigenvalue weighted by atomic mass is 32.2. The molecule has 0 bridgehead atoms. The molecule has 0 aliphatic heterocycles. The zero-order valence-corrected chi connectivity index (χ0v) is 43.3. The summed E-state index contributed by atoms with van der Waals surface area (Å²) in [6.45, 7) is 17.5. The van der Waals surface area contributed by atoms with E-state index in [2.05, 4.69) is 26.1 Å². The Bertz CT molecular complexity index is 2610. The van der Waals surface area contributed by atoms with Crippen LogP contribution in [0.2, 0.25) is 0 Å². The molecular formula is C44H69N3O16S4. The first-order valence-electron chi connectivity index (χ1n) is 22.0. The molecule has 3 N–H and O–H groups in total. The lowest BCUT2D eigenvalue weighted by atomic mass is 9.92. The van der Waals surface area contributed by atoms with E-state index < -0.39 is 80.3 Å². The fraction of sp³-hybridized carbons (Fsp3) is 0.636.